The fourth-order valence-electron chi connectivity index (χ4n) is 5.21. The van der Waals surface area contributed by atoms with E-state index in [2.05, 4.69) is 15.6 Å². The molecule has 0 bridgehead atoms. The molecule has 2 heterocycles. The van der Waals surface area contributed by atoms with Crippen LogP contribution < -0.4 is 19.5 Å². The minimum Gasteiger partial charge on any atom is -0.493 e. The van der Waals surface area contributed by atoms with Crippen LogP contribution in [0.15, 0.2) is 60.7 Å². The Morgan fingerprint density at radius 3 is 2.44 bits per heavy atom. The highest BCUT2D eigenvalue weighted by atomic mass is 19.1. The summed E-state index contributed by atoms with van der Waals surface area (Å²) in [4.78, 5) is 29.7. The van der Waals surface area contributed by atoms with Gasteiger partial charge in [-0.2, -0.15) is 0 Å². The molecule has 0 saturated carbocycles. The van der Waals surface area contributed by atoms with Gasteiger partial charge in [0.25, 0.3) is 0 Å². The third kappa shape index (κ3) is 6.69. The number of methoxy groups -OCH3 is 3. The topological polar surface area (TPSA) is 117 Å². The summed E-state index contributed by atoms with van der Waals surface area (Å²) in [5, 5.41) is 11.3. The van der Waals surface area contributed by atoms with E-state index in [4.69, 9.17) is 18.9 Å². The maximum atomic E-state index is 14.2. The quantitative estimate of drug-likeness (QED) is 0.265. The van der Waals surface area contributed by atoms with Gasteiger partial charge in [0.05, 0.1) is 33.0 Å². The Morgan fingerprint density at radius 2 is 1.79 bits per heavy atom. The minimum atomic E-state index is -1.14. The van der Waals surface area contributed by atoms with E-state index >= 15 is 0 Å². The van der Waals surface area contributed by atoms with E-state index in [1.807, 2.05) is 18.2 Å². The molecule has 4 aromatic rings. The van der Waals surface area contributed by atoms with Crippen molar-refractivity contribution in [1.29, 1.82) is 0 Å². The Morgan fingerprint density at radius 1 is 1.07 bits per heavy atom. The molecule has 12 heteroatoms. The van der Waals surface area contributed by atoms with Crippen molar-refractivity contribution in [2.75, 3.05) is 34.5 Å². The zero-order valence-electron chi connectivity index (χ0n) is 24.3. The van der Waals surface area contributed by atoms with Crippen LogP contribution in [0.25, 0.3) is 11.0 Å². The van der Waals surface area contributed by atoms with Crippen molar-refractivity contribution >= 4 is 22.8 Å². The van der Waals surface area contributed by atoms with Crippen LogP contribution >= 0.6 is 0 Å². The fraction of sp³-hybridized carbons (Fsp3) is 0.355. The molecule has 1 aromatic heterocycles. The molecule has 1 N–H and O–H groups in total. The lowest BCUT2D eigenvalue weighted by Crippen LogP contribution is -2.46. The van der Waals surface area contributed by atoms with Gasteiger partial charge in [-0.15, -0.1) is 5.10 Å². The SMILES string of the molecule is COc1cc([C@@H](C(=O)NC[C@@H]2CCCO2)N(Cc2ccc(F)cc2)C(=O)Cn2nnc3ccccc32)cc(OC)c1OC. The second-order valence-electron chi connectivity index (χ2n) is 10.1. The Balaban J connectivity index is 1.58. The molecule has 43 heavy (non-hydrogen) atoms. The van der Waals surface area contributed by atoms with Crippen LogP contribution in [0, 0.1) is 5.82 Å². The number of carbonyl (C=O) groups excluding carboxylic acids is 2. The van der Waals surface area contributed by atoms with E-state index in [0.717, 1.165) is 12.8 Å². The summed E-state index contributed by atoms with van der Waals surface area (Å²) in [6.45, 7) is 0.728. The summed E-state index contributed by atoms with van der Waals surface area (Å²) < 4.78 is 37.6. The van der Waals surface area contributed by atoms with Crippen LogP contribution in [-0.2, 0) is 27.4 Å². The van der Waals surface area contributed by atoms with Gasteiger partial charge in [0.1, 0.15) is 23.9 Å². The van der Waals surface area contributed by atoms with Crippen molar-refractivity contribution in [3.8, 4) is 17.2 Å². The second-order valence-corrected chi connectivity index (χ2v) is 10.1. The Labute approximate surface area is 248 Å². The van der Waals surface area contributed by atoms with Crippen molar-refractivity contribution in [2.45, 2.75) is 38.1 Å². The summed E-state index contributed by atoms with van der Waals surface area (Å²) in [5.74, 6) is -0.255. The fourth-order valence-corrected chi connectivity index (χ4v) is 5.21. The number of nitrogens with one attached hydrogen (secondary N) is 1. The normalized spacial score (nSPS) is 15.2. The van der Waals surface area contributed by atoms with Crippen molar-refractivity contribution in [1.82, 2.24) is 25.2 Å². The van der Waals surface area contributed by atoms with Crippen LogP contribution in [0.3, 0.4) is 0 Å². The molecule has 1 saturated heterocycles. The number of aromatic nitrogens is 3. The number of rotatable bonds is 12. The number of halogens is 1. The van der Waals surface area contributed by atoms with E-state index in [1.165, 1.54) is 43.0 Å². The predicted octanol–water partition coefficient (Wildman–Crippen LogP) is 3.66. The zero-order valence-corrected chi connectivity index (χ0v) is 24.3. The lowest BCUT2D eigenvalue weighted by Gasteiger charge is -2.32. The first kappa shape index (κ1) is 29.8. The summed E-state index contributed by atoms with van der Waals surface area (Å²) in [6, 6.07) is 15.2. The highest BCUT2D eigenvalue weighted by Gasteiger charge is 2.34. The molecule has 226 valence electrons. The number of carbonyl (C=O) groups is 2. The van der Waals surface area contributed by atoms with E-state index < -0.39 is 23.7 Å². The Kier molecular flexibility index (Phi) is 9.35. The van der Waals surface area contributed by atoms with Crippen molar-refractivity contribution < 1.29 is 32.9 Å². The number of para-hydroxylation sites is 1. The minimum absolute atomic E-state index is 0.000415. The molecule has 3 aromatic carbocycles. The first-order valence-electron chi connectivity index (χ1n) is 13.9. The number of nitrogens with zero attached hydrogens (tertiary/aromatic N) is 4. The van der Waals surface area contributed by atoms with Gasteiger partial charge in [-0.25, -0.2) is 9.07 Å². The van der Waals surface area contributed by atoms with Crippen LogP contribution in [0.1, 0.15) is 30.0 Å². The van der Waals surface area contributed by atoms with Gasteiger partial charge < -0.3 is 29.2 Å². The molecule has 0 radical (unpaired) electrons. The molecule has 5 rings (SSSR count). The average molecular weight is 592 g/mol. The summed E-state index contributed by atoms with van der Waals surface area (Å²) in [5.41, 5.74) is 2.36. The van der Waals surface area contributed by atoms with Gasteiger partial charge in [-0.05, 0) is 60.4 Å². The van der Waals surface area contributed by atoms with Gasteiger partial charge >= 0.3 is 0 Å². The lowest BCUT2D eigenvalue weighted by molar-refractivity contribution is -0.142. The highest BCUT2D eigenvalue weighted by Crippen LogP contribution is 2.41. The van der Waals surface area contributed by atoms with Gasteiger partial charge in [0.15, 0.2) is 11.5 Å². The maximum Gasteiger partial charge on any atom is 0.247 e. The average Bonchev–Trinajstić information content (AvgIpc) is 3.70. The van der Waals surface area contributed by atoms with E-state index in [9.17, 15) is 14.0 Å². The van der Waals surface area contributed by atoms with Crippen LogP contribution in [0.5, 0.6) is 17.2 Å². The molecule has 0 aliphatic carbocycles. The highest BCUT2D eigenvalue weighted by molar-refractivity contribution is 5.89. The van der Waals surface area contributed by atoms with Gasteiger partial charge in [0, 0.05) is 19.7 Å². The molecule has 1 fully saturated rings. The number of hydrogen-bond acceptors (Lipinski definition) is 8. The largest absolute Gasteiger partial charge is 0.493 e. The molecular formula is C31H34FN5O6. The van der Waals surface area contributed by atoms with Crippen molar-refractivity contribution in [2.24, 2.45) is 0 Å². The lowest BCUT2D eigenvalue weighted by atomic mass is 10.0. The van der Waals surface area contributed by atoms with Gasteiger partial charge in [-0.3, -0.25) is 9.59 Å². The summed E-state index contributed by atoms with van der Waals surface area (Å²) >= 11 is 0. The number of ether oxygens (including phenoxy) is 4. The monoisotopic (exact) mass is 591 g/mol. The molecular weight excluding hydrogens is 557 g/mol. The molecule has 2 amide bonds. The third-order valence-corrected chi connectivity index (χ3v) is 7.38. The van der Waals surface area contributed by atoms with Crippen LogP contribution in [0.4, 0.5) is 4.39 Å². The maximum absolute atomic E-state index is 14.2. The predicted molar refractivity (Wildman–Crippen MR) is 155 cm³/mol. The Bertz CT molecular complexity index is 1550. The zero-order chi connectivity index (χ0) is 30.3. The standard InChI is InChI=1S/C31H34FN5O6/c1-40-26-15-21(16-27(41-2)30(26)42-3)29(31(39)33-17-23-7-6-14-43-23)36(18-20-10-12-22(32)13-11-20)28(38)19-37-25-9-5-4-8-24(25)34-35-37/h4-5,8-13,15-16,23,29H,6-7,14,17-19H2,1-3H3,(H,33,39)/t23-,29-/m0/s1. The van der Waals surface area contributed by atoms with Crippen molar-refractivity contribution in [3.63, 3.8) is 0 Å². The molecule has 1 aliphatic heterocycles. The van der Waals surface area contributed by atoms with Gasteiger partial charge in [-0.1, -0.05) is 29.5 Å². The van der Waals surface area contributed by atoms with E-state index in [-0.39, 0.29) is 25.7 Å². The van der Waals surface area contributed by atoms with Crippen LogP contribution in [0.2, 0.25) is 0 Å². The first-order chi connectivity index (χ1) is 20.9. The third-order valence-electron chi connectivity index (χ3n) is 7.38. The van der Waals surface area contributed by atoms with Crippen molar-refractivity contribution in [3.05, 3.63) is 77.6 Å². The van der Waals surface area contributed by atoms with E-state index in [1.54, 1.807) is 30.3 Å². The van der Waals surface area contributed by atoms with Crippen LogP contribution in [-0.4, -0.2) is 72.3 Å². The molecule has 0 spiro atoms. The summed E-state index contributed by atoms with van der Waals surface area (Å²) in [6.07, 6.45) is 1.62. The number of fused-ring (bicyclic) bond motifs is 1. The molecule has 0 unspecified atom stereocenters. The number of benzene rings is 3. The number of hydrogen-bond donors (Lipinski definition) is 1. The summed E-state index contributed by atoms with van der Waals surface area (Å²) in [7, 11) is 4.44. The van der Waals surface area contributed by atoms with Gasteiger partial charge in [0.2, 0.25) is 17.6 Å². The number of amides is 2. The molecule has 2 atom stereocenters. The molecule has 11 nitrogen and oxygen atoms in total. The second kappa shape index (κ2) is 13.5. The first-order valence-corrected chi connectivity index (χ1v) is 13.9. The smallest absolute Gasteiger partial charge is 0.247 e. The van der Waals surface area contributed by atoms with E-state index in [0.29, 0.717) is 46.0 Å². The Hall–Kier alpha value is -4.71. The molecule has 1 aliphatic rings.